The molecule has 0 rings (SSSR count). The number of amides is 1. The molecule has 0 spiro atoms. The Bertz CT molecular complexity index is 250. The lowest BCUT2D eigenvalue weighted by Crippen LogP contribution is -2.31. The zero-order valence-corrected chi connectivity index (χ0v) is 9.52. The van der Waals surface area contributed by atoms with Crippen LogP contribution in [0.3, 0.4) is 0 Å². The van der Waals surface area contributed by atoms with Crippen LogP contribution < -0.4 is 0 Å². The first-order valence-electron chi connectivity index (χ1n) is 4.75. The summed E-state index contributed by atoms with van der Waals surface area (Å²) in [6, 6.07) is 0. The van der Waals surface area contributed by atoms with E-state index in [1.54, 1.807) is 33.2 Å². The normalized spacial score (nSPS) is 12.3. The van der Waals surface area contributed by atoms with Crippen LogP contribution in [0.25, 0.3) is 0 Å². The Labute approximate surface area is 89.6 Å². The Morgan fingerprint density at radius 2 is 2.07 bits per heavy atom. The van der Waals surface area contributed by atoms with Crippen LogP contribution in [0.2, 0.25) is 0 Å². The fourth-order valence-electron chi connectivity index (χ4n) is 0.827. The molecular formula is C10H17NO4. The van der Waals surface area contributed by atoms with Crippen LogP contribution in [0.5, 0.6) is 0 Å². The van der Waals surface area contributed by atoms with Crippen molar-refractivity contribution in [2.24, 2.45) is 0 Å². The van der Waals surface area contributed by atoms with Crippen molar-refractivity contribution in [3.05, 3.63) is 12.3 Å². The summed E-state index contributed by atoms with van der Waals surface area (Å²) in [5, 5.41) is 0. The van der Waals surface area contributed by atoms with Crippen molar-refractivity contribution < 1.29 is 19.1 Å². The van der Waals surface area contributed by atoms with Crippen molar-refractivity contribution >= 4 is 12.1 Å². The number of carbonyl (C=O) groups excluding carboxylic acids is 2. The molecule has 5 heteroatoms. The third-order valence-corrected chi connectivity index (χ3v) is 1.56. The predicted molar refractivity (Wildman–Crippen MR) is 55.2 cm³/mol. The number of allylic oxidation sites excluding steroid dienone is 1. The fourth-order valence-corrected chi connectivity index (χ4v) is 0.827. The lowest BCUT2D eigenvalue weighted by atomic mass is 10.4. The molecule has 0 heterocycles. The zero-order chi connectivity index (χ0) is 11.8. The van der Waals surface area contributed by atoms with Crippen molar-refractivity contribution in [2.75, 3.05) is 13.7 Å². The molecule has 0 saturated heterocycles. The quantitative estimate of drug-likeness (QED) is 0.667. The Kier molecular flexibility index (Phi) is 6.17. The van der Waals surface area contributed by atoms with Gasteiger partial charge in [0.25, 0.3) is 0 Å². The molecule has 0 saturated carbocycles. The Morgan fingerprint density at radius 3 is 2.53 bits per heavy atom. The first-order chi connectivity index (χ1) is 7.02. The van der Waals surface area contributed by atoms with Gasteiger partial charge in [0.05, 0.1) is 6.61 Å². The summed E-state index contributed by atoms with van der Waals surface area (Å²) in [6.45, 7) is 5.21. The molecule has 0 aliphatic heterocycles. The van der Waals surface area contributed by atoms with E-state index in [9.17, 15) is 9.59 Å². The highest BCUT2D eigenvalue weighted by molar-refractivity contribution is 5.78. The molecule has 0 bridgehead atoms. The molecule has 0 aliphatic carbocycles. The highest BCUT2D eigenvalue weighted by Crippen LogP contribution is 1.99. The minimum absolute atomic E-state index is 0.269. The van der Waals surface area contributed by atoms with E-state index in [0.29, 0.717) is 0 Å². The van der Waals surface area contributed by atoms with Crippen molar-refractivity contribution in [1.29, 1.82) is 0 Å². The molecule has 86 valence electrons. The molecule has 5 nitrogen and oxygen atoms in total. The van der Waals surface area contributed by atoms with Crippen molar-refractivity contribution in [3.8, 4) is 0 Å². The van der Waals surface area contributed by atoms with Gasteiger partial charge < -0.3 is 9.47 Å². The Hall–Kier alpha value is -1.52. The summed E-state index contributed by atoms with van der Waals surface area (Å²) in [5.41, 5.74) is 0. The molecule has 1 atom stereocenters. The van der Waals surface area contributed by atoms with E-state index in [1.807, 2.05) is 0 Å². The molecule has 1 amide bonds. The first-order valence-corrected chi connectivity index (χ1v) is 4.75. The smallest absolute Gasteiger partial charge is 0.414 e. The maximum atomic E-state index is 11.3. The molecule has 0 aromatic carbocycles. The van der Waals surface area contributed by atoms with E-state index in [0.717, 1.165) is 0 Å². The number of ether oxygens (including phenoxy) is 2. The monoisotopic (exact) mass is 215 g/mol. The van der Waals surface area contributed by atoms with Gasteiger partial charge in [-0.25, -0.2) is 9.59 Å². The van der Waals surface area contributed by atoms with Gasteiger partial charge in [-0.2, -0.15) is 0 Å². The molecule has 0 N–H and O–H groups in total. The molecule has 0 fully saturated rings. The van der Waals surface area contributed by atoms with Gasteiger partial charge in [0.15, 0.2) is 6.10 Å². The predicted octanol–water partition coefficient (Wildman–Crippen LogP) is 1.54. The number of esters is 1. The maximum absolute atomic E-state index is 11.3. The Balaban J connectivity index is 4.11. The molecule has 0 aromatic heterocycles. The lowest BCUT2D eigenvalue weighted by Gasteiger charge is -2.16. The summed E-state index contributed by atoms with van der Waals surface area (Å²) in [5.74, 6) is -0.542. The highest BCUT2D eigenvalue weighted by Gasteiger charge is 2.19. The summed E-state index contributed by atoms with van der Waals surface area (Å²) in [4.78, 5) is 23.7. The Morgan fingerprint density at radius 1 is 1.47 bits per heavy atom. The fraction of sp³-hybridized carbons (Fsp3) is 0.600. The van der Waals surface area contributed by atoms with E-state index < -0.39 is 18.2 Å². The highest BCUT2D eigenvalue weighted by atomic mass is 16.6. The van der Waals surface area contributed by atoms with Crippen molar-refractivity contribution in [3.63, 3.8) is 0 Å². The summed E-state index contributed by atoms with van der Waals surface area (Å²) >= 11 is 0. The third kappa shape index (κ3) is 5.05. The number of carbonyl (C=O) groups is 2. The third-order valence-electron chi connectivity index (χ3n) is 1.56. The second kappa shape index (κ2) is 6.86. The van der Waals surface area contributed by atoms with Gasteiger partial charge in [0.1, 0.15) is 0 Å². The van der Waals surface area contributed by atoms with Crippen LogP contribution in [0.1, 0.15) is 20.8 Å². The second-order valence-electron chi connectivity index (χ2n) is 2.87. The summed E-state index contributed by atoms with van der Waals surface area (Å²) in [7, 11) is 1.54. The molecule has 0 aliphatic rings. The second-order valence-corrected chi connectivity index (χ2v) is 2.87. The average Bonchev–Trinajstić information content (AvgIpc) is 2.18. The lowest BCUT2D eigenvalue weighted by molar-refractivity contribution is -0.152. The van der Waals surface area contributed by atoms with Gasteiger partial charge in [-0.05, 0) is 20.8 Å². The molecule has 0 aromatic rings. The van der Waals surface area contributed by atoms with Gasteiger partial charge in [0.2, 0.25) is 0 Å². The van der Waals surface area contributed by atoms with Crippen LogP contribution in [0.4, 0.5) is 4.79 Å². The van der Waals surface area contributed by atoms with Crippen LogP contribution in [-0.4, -0.2) is 36.7 Å². The van der Waals surface area contributed by atoms with Crippen LogP contribution in [0.15, 0.2) is 12.3 Å². The summed E-state index contributed by atoms with van der Waals surface area (Å²) < 4.78 is 9.53. The van der Waals surface area contributed by atoms with Crippen molar-refractivity contribution in [2.45, 2.75) is 26.9 Å². The number of nitrogens with zero attached hydrogens (tertiary/aromatic N) is 1. The SMILES string of the molecule is C/C=C\N(C)C(=O)OC(C)C(=O)OCC. The van der Waals surface area contributed by atoms with E-state index in [-0.39, 0.29) is 6.61 Å². The molecular weight excluding hydrogens is 198 g/mol. The number of rotatable bonds is 4. The van der Waals surface area contributed by atoms with Crippen LogP contribution in [-0.2, 0) is 14.3 Å². The largest absolute Gasteiger partial charge is 0.463 e. The molecule has 0 radical (unpaired) electrons. The van der Waals surface area contributed by atoms with Crippen LogP contribution in [0, 0.1) is 0 Å². The number of hydrogen-bond acceptors (Lipinski definition) is 4. The van der Waals surface area contributed by atoms with E-state index in [2.05, 4.69) is 0 Å². The first kappa shape index (κ1) is 13.5. The molecule has 1 unspecified atom stereocenters. The summed E-state index contributed by atoms with van der Waals surface area (Å²) in [6.07, 6.45) is 1.76. The topological polar surface area (TPSA) is 55.8 Å². The average molecular weight is 215 g/mol. The van der Waals surface area contributed by atoms with Gasteiger partial charge in [-0.15, -0.1) is 0 Å². The molecule has 15 heavy (non-hydrogen) atoms. The minimum Gasteiger partial charge on any atom is -0.463 e. The standard InChI is InChI=1S/C10H17NO4/c1-5-7-11(4)10(13)15-8(3)9(12)14-6-2/h5,7-8H,6H2,1-4H3/b7-5-. The minimum atomic E-state index is -0.884. The van der Waals surface area contributed by atoms with Crippen molar-refractivity contribution in [1.82, 2.24) is 4.90 Å². The van der Waals surface area contributed by atoms with E-state index in [1.165, 1.54) is 11.8 Å². The number of hydrogen-bond donors (Lipinski definition) is 0. The van der Waals surface area contributed by atoms with Crippen LogP contribution >= 0.6 is 0 Å². The van der Waals surface area contributed by atoms with E-state index in [4.69, 9.17) is 9.47 Å². The maximum Gasteiger partial charge on any atom is 0.414 e. The van der Waals surface area contributed by atoms with Gasteiger partial charge in [-0.3, -0.25) is 4.90 Å². The van der Waals surface area contributed by atoms with Gasteiger partial charge in [-0.1, -0.05) is 6.08 Å². The van der Waals surface area contributed by atoms with E-state index >= 15 is 0 Å². The zero-order valence-electron chi connectivity index (χ0n) is 9.52. The van der Waals surface area contributed by atoms with Gasteiger partial charge >= 0.3 is 12.1 Å². The van der Waals surface area contributed by atoms with Gasteiger partial charge in [0, 0.05) is 13.2 Å².